The summed E-state index contributed by atoms with van der Waals surface area (Å²) in [5, 5.41) is 2.53. The molecule has 136 valence electrons. The van der Waals surface area contributed by atoms with Gasteiger partial charge in [0.25, 0.3) is 5.91 Å². The minimum atomic E-state index is -4.50. The van der Waals surface area contributed by atoms with E-state index in [0.717, 1.165) is 29.0 Å². The molecule has 1 aliphatic heterocycles. The third-order valence-corrected chi connectivity index (χ3v) is 4.90. The van der Waals surface area contributed by atoms with Gasteiger partial charge in [0.15, 0.2) is 0 Å². The Morgan fingerprint density at radius 1 is 1.28 bits per heavy atom. The highest BCUT2D eigenvalue weighted by molar-refractivity contribution is 7.14. The van der Waals surface area contributed by atoms with Crippen LogP contribution in [0.3, 0.4) is 0 Å². The van der Waals surface area contributed by atoms with Gasteiger partial charge in [-0.3, -0.25) is 4.79 Å². The van der Waals surface area contributed by atoms with Crippen molar-refractivity contribution in [2.75, 3.05) is 11.9 Å². The van der Waals surface area contributed by atoms with Gasteiger partial charge in [-0.25, -0.2) is 0 Å². The van der Waals surface area contributed by atoms with Crippen molar-refractivity contribution in [1.82, 2.24) is 0 Å². The van der Waals surface area contributed by atoms with Crippen molar-refractivity contribution in [3.63, 3.8) is 0 Å². The molecule has 1 aromatic heterocycles. The van der Waals surface area contributed by atoms with Crippen LogP contribution in [0, 0.1) is 0 Å². The summed E-state index contributed by atoms with van der Waals surface area (Å²) in [6.45, 7) is 1.03. The van der Waals surface area contributed by atoms with Crippen LogP contribution < -0.4 is 11.1 Å². The van der Waals surface area contributed by atoms with E-state index in [9.17, 15) is 18.0 Å². The molecule has 0 saturated carbocycles. The fourth-order valence-electron chi connectivity index (χ4n) is 2.50. The molecule has 0 unspecified atom stereocenters. The smallest absolute Gasteiger partial charge is 0.376 e. The quantitative estimate of drug-likeness (QED) is 0.830. The molecule has 0 bridgehead atoms. The van der Waals surface area contributed by atoms with Gasteiger partial charge < -0.3 is 15.8 Å². The van der Waals surface area contributed by atoms with Crippen molar-refractivity contribution < 1.29 is 22.7 Å². The Kier molecular flexibility index (Phi) is 6.10. The number of hydrogen-bond acceptors (Lipinski definition) is 4. The van der Waals surface area contributed by atoms with Gasteiger partial charge in [0.2, 0.25) is 0 Å². The molecule has 1 amide bonds. The summed E-state index contributed by atoms with van der Waals surface area (Å²) >= 11 is 1.34. The van der Waals surface area contributed by atoms with Crippen molar-refractivity contribution in [2.45, 2.75) is 25.7 Å². The van der Waals surface area contributed by atoms with Crippen LogP contribution in [0.15, 0.2) is 24.3 Å². The molecule has 4 nitrogen and oxygen atoms in total. The molecular formula is C16H16ClF3N2O2S. The molecule has 0 atom stereocenters. The van der Waals surface area contributed by atoms with E-state index in [4.69, 9.17) is 10.5 Å². The number of benzene rings is 1. The minimum Gasteiger partial charge on any atom is -0.376 e. The average molecular weight is 393 g/mol. The molecule has 1 aliphatic rings. The Bertz CT molecular complexity index is 754. The standard InChI is InChI=1S/C16H15F3N2O2S.ClH/c17-16(18,19)11-3-9(7-20)4-12(6-11)21-15(22)14-5-10-8-23-2-1-13(10)24-14;/h3-6H,1-2,7-8,20H2,(H,21,22);1H. The molecule has 25 heavy (non-hydrogen) atoms. The van der Waals surface area contributed by atoms with Gasteiger partial charge >= 0.3 is 6.18 Å². The SMILES string of the molecule is Cl.NCc1cc(NC(=O)c2cc3c(s2)CCOC3)cc(C(F)(F)F)c1. The monoisotopic (exact) mass is 392 g/mol. The van der Waals surface area contributed by atoms with Crippen molar-refractivity contribution >= 4 is 35.3 Å². The van der Waals surface area contributed by atoms with Crippen LogP contribution >= 0.6 is 23.7 Å². The second-order valence-corrected chi connectivity index (χ2v) is 6.57. The predicted molar refractivity (Wildman–Crippen MR) is 92.2 cm³/mol. The number of fused-ring (bicyclic) bond motifs is 1. The van der Waals surface area contributed by atoms with Crippen LogP contribution in [0.5, 0.6) is 0 Å². The third kappa shape index (κ3) is 4.52. The molecule has 0 spiro atoms. The number of anilines is 1. The summed E-state index contributed by atoms with van der Waals surface area (Å²) in [7, 11) is 0. The zero-order valence-electron chi connectivity index (χ0n) is 13.0. The number of carbonyl (C=O) groups excluding carboxylic acids is 1. The lowest BCUT2D eigenvalue weighted by atomic mass is 10.1. The topological polar surface area (TPSA) is 64.3 Å². The number of nitrogens with one attached hydrogen (secondary N) is 1. The molecule has 0 saturated heterocycles. The first kappa shape index (κ1) is 19.7. The molecule has 0 fully saturated rings. The maximum absolute atomic E-state index is 12.9. The van der Waals surface area contributed by atoms with Crippen LogP contribution in [0.25, 0.3) is 0 Å². The molecule has 3 rings (SSSR count). The van der Waals surface area contributed by atoms with Gasteiger partial charge in [-0.2, -0.15) is 13.2 Å². The molecule has 1 aromatic carbocycles. The number of alkyl halides is 3. The summed E-state index contributed by atoms with van der Waals surface area (Å²) in [6, 6.07) is 5.07. The molecule has 3 N–H and O–H groups in total. The van der Waals surface area contributed by atoms with Crippen LogP contribution in [0.2, 0.25) is 0 Å². The number of nitrogens with two attached hydrogens (primary N) is 1. The third-order valence-electron chi connectivity index (χ3n) is 3.67. The van der Waals surface area contributed by atoms with Crippen molar-refractivity contribution in [1.29, 1.82) is 0 Å². The van der Waals surface area contributed by atoms with E-state index in [1.165, 1.54) is 17.4 Å². The van der Waals surface area contributed by atoms with E-state index in [-0.39, 0.29) is 24.6 Å². The second kappa shape index (κ2) is 7.74. The number of amides is 1. The first-order chi connectivity index (χ1) is 11.4. The highest BCUT2D eigenvalue weighted by Gasteiger charge is 2.31. The zero-order valence-corrected chi connectivity index (χ0v) is 14.6. The molecule has 2 aromatic rings. The summed E-state index contributed by atoms with van der Waals surface area (Å²) in [5.74, 6) is -0.434. The largest absolute Gasteiger partial charge is 0.416 e. The summed E-state index contributed by atoms with van der Waals surface area (Å²) in [5.41, 5.74) is 5.96. The lowest BCUT2D eigenvalue weighted by Crippen LogP contribution is -2.13. The van der Waals surface area contributed by atoms with Gasteiger partial charge in [0.1, 0.15) is 0 Å². The first-order valence-corrected chi connectivity index (χ1v) is 8.10. The fourth-order valence-corrected chi connectivity index (χ4v) is 3.54. The van der Waals surface area contributed by atoms with E-state index >= 15 is 0 Å². The number of halogens is 4. The Labute approximate surface area is 152 Å². The van der Waals surface area contributed by atoms with Crippen molar-refractivity contribution in [3.8, 4) is 0 Å². The molecule has 0 aliphatic carbocycles. The maximum atomic E-state index is 12.9. The van der Waals surface area contributed by atoms with Gasteiger partial charge in [0.05, 0.1) is 23.7 Å². The van der Waals surface area contributed by atoms with Crippen molar-refractivity contribution in [2.24, 2.45) is 5.73 Å². The first-order valence-electron chi connectivity index (χ1n) is 7.28. The number of ether oxygens (including phenoxy) is 1. The Morgan fingerprint density at radius 2 is 2.04 bits per heavy atom. The summed E-state index contributed by atoms with van der Waals surface area (Å²) in [4.78, 5) is 13.9. The van der Waals surface area contributed by atoms with Gasteiger partial charge in [-0.1, -0.05) is 0 Å². The van der Waals surface area contributed by atoms with Gasteiger partial charge in [0, 0.05) is 23.5 Å². The average Bonchev–Trinajstić information content (AvgIpc) is 2.98. The van der Waals surface area contributed by atoms with Gasteiger partial charge in [-0.05, 0) is 35.4 Å². The van der Waals surface area contributed by atoms with Crippen LogP contribution in [0.4, 0.5) is 18.9 Å². The molecule has 9 heteroatoms. The summed E-state index contributed by atoms with van der Waals surface area (Å²) < 4.78 is 44.1. The van der Waals surface area contributed by atoms with E-state index in [1.807, 2.05) is 0 Å². The maximum Gasteiger partial charge on any atom is 0.416 e. The van der Waals surface area contributed by atoms with Crippen LogP contribution in [-0.2, 0) is 30.5 Å². The van der Waals surface area contributed by atoms with E-state index in [1.54, 1.807) is 6.07 Å². The number of carbonyl (C=O) groups is 1. The molecular weight excluding hydrogens is 377 g/mol. The lowest BCUT2D eigenvalue weighted by molar-refractivity contribution is -0.137. The predicted octanol–water partition coefficient (Wildman–Crippen LogP) is 3.97. The Balaban J connectivity index is 0.00000225. The number of hydrogen-bond donors (Lipinski definition) is 2. The number of thiophene rings is 1. The van der Waals surface area contributed by atoms with E-state index in [0.29, 0.717) is 23.7 Å². The van der Waals surface area contributed by atoms with Crippen LogP contribution in [0.1, 0.15) is 31.2 Å². The summed E-state index contributed by atoms with van der Waals surface area (Å²) in [6.07, 6.45) is -3.75. The number of rotatable bonds is 3. The molecule has 2 heterocycles. The Hall–Kier alpha value is -1.61. The Morgan fingerprint density at radius 3 is 2.68 bits per heavy atom. The van der Waals surface area contributed by atoms with Gasteiger partial charge in [-0.15, -0.1) is 23.7 Å². The molecule has 0 radical (unpaired) electrons. The highest BCUT2D eigenvalue weighted by atomic mass is 35.5. The van der Waals surface area contributed by atoms with Crippen LogP contribution in [-0.4, -0.2) is 12.5 Å². The fraction of sp³-hybridized carbons (Fsp3) is 0.312. The zero-order chi connectivity index (χ0) is 17.3. The lowest BCUT2D eigenvalue weighted by Gasteiger charge is -2.12. The van der Waals surface area contributed by atoms with Crippen molar-refractivity contribution in [3.05, 3.63) is 50.7 Å². The van der Waals surface area contributed by atoms with E-state index in [2.05, 4.69) is 5.32 Å². The highest BCUT2D eigenvalue weighted by Crippen LogP contribution is 2.32. The normalized spacial score (nSPS) is 13.8. The van der Waals surface area contributed by atoms with E-state index < -0.39 is 17.6 Å². The minimum absolute atomic E-state index is 0. The second-order valence-electron chi connectivity index (χ2n) is 5.44.